The van der Waals surface area contributed by atoms with Gasteiger partial charge in [-0.3, -0.25) is 9.20 Å². The van der Waals surface area contributed by atoms with E-state index in [4.69, 9.17) is 28.9 Å². The molecule has 0 unspecified atom stereocenters. The van der Waals surface area contributed by atoms with Crippen molar-refractivity contribution in [1.82, 2.24) is 18.7 Å². The monoisotopic (exact) mass is 528 g/mol. The Labute approximate surface area is 210 Å². The summed E-state index contributed by atoms with van der Waals surface area (Å²) in [4.78, 5) is 18.0. The molecule has 9 nitrogen and oxygen atoms in total. The Morgan fingerprint density at radius 3 is 2.38 bits per heavy atom. The second-order valence-electron chi connectivity index (χ2n) is 7.56. The van der Waals surface area contributed by atoms with E-state index >= 15 is 0 Å². The lowest BCUT2D eigenvalue weighted by Crippen LogP contribution is -2.32. The molecule has 0 radical (unpaired) electrons. The molecule has 0 atom stereocenters. The number of nitrogens with two attached hydrogens (primary N) is 2. The molecule has 1 amide bonds. The number of hydrogen-bond donors (Lipinski definition) is 2. The van der Waals surface area contributed by atoms with Crippen LogP contribution in [0.4, 0.5) is 0 Å². The third kappa shape index (κ3) is 6.25. The van der Waals surface area contributed by atoms with Crippen molar-refractivity contribution in [3.05, 3.63) is 45.7 Å². The smallest absolute Gasteiger partial charge is 0.262 e. The predicted molar refractivity (Wildman–Crippen MR) is 135 cm³/mol. The van der Waals surface area contributed by atoms with Crippen LogP contribution in [-0.4, -0.2) is 46.1 Å². The van der Waals surface area contributed by atoms with Crippen LogP contribution in [0, 0.1) is 6.92 Å². The minimum atomic E-state index is -3.76. The van der Waals surface area contributed by atoms with Gasteiger partial charge in [-0.05, 0) is 31.5 Å². The number of primary amides is 1. The van der Waals surface area contributed by atoms with Crippen molar-refractivity contribution in [2.75, 3.05) is 13.1 Å². The summed E-state index contributed by atoms with van der Waals surface area (Å²) in [6, 6.07) is 5.15. The molecule has 186 valence electrons. The van der Waals surface area contributed by atoms with E-state index in [-0.39, 0.29) is 23.3 Å². The quantitative estimate of drug-likeness (QED) is 0.456. The number of benzene rings is 1. The van der Waals surface area contributed by atoms with Gasteiger partial charge in [0.2, 0.25) is 11.7 Å². The highest BCUT2D eigenvalue weighted by atomic mass is 35.5. The van der Waals surface area contributed by atoms with Crippen LogP contribution in [0.5, 0.6) is 0 Å². The van der Waals surface area contributed by atoms with Gasteiger partial charge in [-0.25, -0.2) is 13.4 Å². The first-order valence-electron chi connectivity index (χ1n) is 10.8. The second-order valence-corrected chi connectivity index (χ2v) is 10.3. The Kier molecular flexibility index (Phi) is 9.84. The van der Waals surface area contributed by atoms with E-state index in [1.807, 2.05) is 20.8 Å². The van der Waals surface area contributed by atoms with Crippen molar-refractivity contribution >= 4 is 44.9 Å². The fourth-order valence-corrected chi connectivity index (χ4v) is 5.29. The van der Waals surface area contributed by atoms with Gasteiger partial charge in [-0.2, -0.15) is 9.29 Å². The summed E-state index contributed by atoms with van der Waals surface area (Å²) in [5.74, 6) is -0.0594. The van der Waals surface area contributed by atoms with Crippen molar-refractivity contribution in [3.8, 4) is 11.3 Å². The molecule has 0 saturated carbocycles. The highest BCUT2D eigenvalue weighted by Gasteiger charge is 2.27. The highest BCUT2D eigenvalue weighted by Crippen LogP contribution is 2.34. The Balaban J connectivity index is 0.000000945. The second kappa shape index (κ2) is 11.9. The van der Waals surface area contributed by atoms with Crippen LogP contribution >= 0.6 is 23.2 Å². The average molecular weight is 529 g/mol. The molecular weight excluding hydrogens is 499 g/mol. The predicted octanol–water partition coefficient (Wildman–Crippen LogP) is 3.77. The Morgan fingerprint density at radius 2 is 1.85 bits per heavy atom. The fraction of sp³-hybridized carbons (Fsp3) is 0.409. The maximum atomic E-state index is 13.2. The molecule has 0 aliphatic carbocycles. The molecule has 0 bridgehead atoms. The van der Waals surface area contributed by atoms with Crippen molar-refractivity contribution < 1.29 is 13.2 Å². The molecule has 34 heavy (non-hydrogen) atoms. The van der Waals surface area contributed by atoms with Gasteiger partial charge in [0, 0.05) is 48.4 Å². The fourth-order valence-electron chi connectivity index (χ4n) is 3.38. The number of nitrogens with zero attached hydrogens (tertiary/aromatic N) is 4. The largest absolute Gasteiger partial charge is 0.370 e. The topological polar surface area (TPSA) is 137 Å². The third-order valence-electron chi connectivity index (χ3n) is 5.00. The summed E-state index contributed by atoms with van der Waals surface area (Å²) in [6.45, 7) is 7.98. The number of unbranched alkanes of at least 4 members (excludes halogenated alkanes) is 1. The van der Waals surface area contributed by atoms with Gasteiger partial charge in [0.15, 0.2) is 5.03 Å². The van der Waals surface area contributed by atoms with Crippen LogP contribution in [0.2, 0.25) is 10.0 Å². The van der Waals surface area contributed by atoms with E-state index in [1.54, 1.807) is 22.6 Å². The lowest BCUT2D eigenvalue weighted by Gasteiger charge is -2.18. The summed E-state index contributed by atoms with van der Waals surface area (Å²) < 4.78 is 29.5. The van der Waals surface area contributed by atoms with E-state index < -0.39 is 10.0 Å². The third-order valence-corrected chi connectivity index (χ3v) is 7.40. The zero-order valence-corrected chi connectivity index (χ0v) is 22.0. The summed E-state index contributed by atoms with van der Waals surface area (Å²) in [6.07, 6.45) is 3.17. The van der Waals surface area contributed by atoms with Crippen molar-refractivity contribution in [1.29, 1.82) is 0 Å². The normalized spacial score (nSPS) is 11.5. The summed E-state index contributed by atoms with van der Waals surface area (Å²) in [5, 5.41) is 0.886. The molecule has 0 fully saturated rings. The maximum absolute atomic E-state index is 13.2. The summed E-state index contributed by atoms with van der Waals surface area (Å²) in [5.41, 5.74) is 13.2. The Bertz CT molecular complexity index is 1270. The number of imidazole rings is 1. The first-order chi connectivity index (χ1) is 16.0. The minimum absolute atomic E-state index is 0.0483. The number of sulfonamides is 1. The standard InChI is InChI=1S/C20H25Cl2N5O2S.C2H5NO/c1-4-6-9-26(5-2)30(28,29)18-12-27-19(15-8-7-14(21)10-17(15)22)16(11-23)13(3)24-20(27)25-18;1-2(3)4/h7-8,10,12H,4-6,9,11,23H2,1-3H3;1H3,(H2,3,4). The lowest BCUT2D eigenvalue weighted by atomic mass is 10.0. The summed E-state index contributed by atoms with van der Waals surface area (Å²) in [7, 11) is -3.76. The molecule has 0 aliphatic heterocycles. The zero-order chi connectivity index (χ0) is 25.6. The van der Waals surface area contributed by atoms with Gasteiger partial charge in [0.1, 0.15) is 0 Å². The van der Waals surface area contributed by atoms with Gasteiger partial charge in [0.25, 0.3) is 10.0 Å². The van der Waals surface area contributed by atoms with E-state index in [9.17, 15) is 13.2 Å². The van der Waals surface area contributed by atoms with Crippen LogP contribution in [-0.2, 0) is 21.4 Å². The number of hydrogen-bond acceptors (Lipinski definition) is 6. The molecule has 0 saturated heterocycles. The number of aryl methyl sites for hydroxylation is 1. The lowest BCUT2D eigenvalue weighted by molar-refractivity contribution is -0.115. The molecule has 3 aromatic rings. The van der Waals surface area contributed by atoms with Gasteiger partial charge in [0.05, 0.1) is 16.9 Å². The van der Waals surface area contributed by atoms with E-state index in [0.717, 1.165) is 18.4 Å². The first kappa shape index (κ1) is 28.0. The van der Waals surface area contributed by atoms with Crippen LogP contribution in [0.25, 0.3) is 17.0 Å². The molecule has 4 N–H and O–H groups in total. The number of fused-ring (bicyclic) bond motifs is 1. The van der Waals surface area contributed by atoms with Crippen LogP contribution in [0.15, 0.2) is 29.4 Å². The van der Waals surface area contributed by atoms with E-state index in [0.29, 0.717) is 40.1 Å². The molecule has 12 heteroatoms. The number of aromatic nitrogens is 3. The number of rotatable bonds is 8. The van der Waals surface area contributed by atoms with Crippen molar-refractivity contribution in [3.63, 3.8) is 0 Å². The molecule has 0 spiro atoms. The van der Waals surface area contributed by atoms with Crippen molar-refractivity contribution in [2.45, 2.75) is 52.1 Å². The number of halogens is 2. The summed E-state index contributed by atoms with van der Waals surface area (Å²) >= 11 is 12.5. The number of carbonyl (C=O) groups excluding carboxylic acids is 1. The minimum Gasteiger partial charge on any atom is -0.370 e. The zero-order valence-electron chi connectivity index (χ0n) is 19.7. The van der Waals surface area contributed by atoms with E-state index in [2.05, 4.69) is 15.7 Å². The molecule has 0 aliphatic rings. The molecule has 2 heterocycles. The molecule has 2 aromatic heterocycles. The first-order valence-corrected chi connectivity index (χ1v) is 13.0. The van der Waals surface area contributed by atoms with Gasteiger partial charge >= 0.3 is 0 Å². The SMILES string of the molecule is CC(N)=O.CCCCN(CC)S(=O)(=O)c1cn2c(-c3ccc(Cl)cc3Cl)c(CN)c(C)nc2n1. The number of amides is 1. The van der Waals surface area contributed by atoms with Crippen LogP contribution in [0.3, 0.4) is 0 Å². The van der Waals surface area contributed by atoms with Crippen LogP contribution < -0.4 is 11.5 Å². The molecule has 3 rings (SSSR count). The maximum Gasteiger partial charge on any atom is 0.262 e. The van der Waals surface area contributed by atoms with Crippen LogP contribution in [0.1, 0.15) is 44.9 Å². The van der Waals surface area contributed by atoms with E-state index in [1.165, 1.54) is 17.4 Å². The molecule has 1 aromatic carbocycles. The number of carbonyl (C=O) groups is 1. The van der Waals surface area contributed by atoms with Crippen molar-refractivity contribution in [2.24, 2.45) is 11.5 Å². The Morgan fingerprint density at radius 1 is 1.21 bits per heavy atom. The van der Waals surface area contributed by atoms with Gasteiger partial charge in [-0.1, -0.05) is 43.5 Å². The molecular formula is C22H30Cl2N6O3S. The average Bonchev–Trinajstić information content (AvgIpc) is 3.17. The highest BCUT2D eigenvalue weighted by molar-refractivity contribution is 7.89. The Hall–Kier alpha value is -2.24. The van der Waals surface area contributed by atoms with Gasteiger partial charge in [-0.15, -0.1) is 0 Å². The van der Waals surface area contributed by atoms with Gasteiger partial charge < -0.3 is 11.5 Å².